The van der Waals surface area contributed by atoms with Gasteiger partial charge in [0.15, 0.2) is 0 Å². The molecule has 4 nitrogen and oxygen atoms in total. The molecular formula is C19H22N2O2. The molecule has 1 saturated heterocycles. The van der Waals surface area contributed by atoms with E-state index >= 15 is 0 Å². The maximum atomic E-state index is 11.2. The topological polar surface area (TPSA) is 66.6 Å². The number of likely N-dealkylation sites (tertiary alicyclic amines) is 1. The van der Waals surface area contributed by atoms with Crippen LogP contribution in [0.5, 0.6) is 0 Å². The van der Waals surface area contributed by atoms with Gasteiger partial charge in [0.25, 0.3) is 0 Å². The molecular weight excluding hydrogens is 288 g/mol. The molecule has 120 valence electrons. The molecule has 1 aliphatic rings. The predicted molar refractivity (Wildman–Crippen MR) is 91.1 cm³/mol. The summed E-state index contributed by atoms with van der Waals surface area (Å²) in [7, 11) is 0. The van der Waals surface area contributed by atoms with E-state index in [1.54, 1.807) is 0 Å². The van der Waals surface area contributed by atoms with E-state index in [-0.39, 0.29) is 12.0 Å². The number of piperidine rings is 1. The van der Waals surface area contributed by atoms with Crippen LogP contribution in [0, 0.1) is 5.92 Å². The fourth-order valence-corrected chi connectivity index (χ4v) is 3.33. The number of carboxylic acids is 1. The van der Waals surface area contributed by atoms with E-state index in [9.17, 15) is 9.90 Å². The van der Waals surface area contributed by atoms with Gasteiger partial charge in [-0.25, -0.2) is 0 Å². The van der Waals surface area contributed by atoms with E-state index in [1.807, 2.05) is 30.3 Å². The zero-order chi connectivity index (χ0) is 16.2. The Morgan fingerprint density at radius 1 is 1.00 bits per heavy atom. The lowest BCUT2D eigenvalue weighted by molar-refractivity contribution is -0.143. The molecule has 0 spiro atoms. The summed E-state index contributed by atoms with van der Waals surface area (Å²) in [6, 6.07) is 18.5. The van der Waals surface area contributed by atoms with Gasteiger partial charge in [-0.05, 0) is 49.2 Å². The van der Waals surface area contributed by atoms with Crippen molar-refractivity contribution in [2.24, 2.45) is 5.92 Å². The zero-order valence-electron chi connectivity index (χ0n) is 13.1. The lowest BCUT2D eigenvalue weighted by atomic mass is 9.91. The quantitative estimate of drug-likeness (QED) is 0.851. The number of aliphatic carboxylic acids is 1. The van der Waals surface area contributed by atoms with Gasteiger partial charge in [0.1, 0.15) is 0 Å². The molecule has 2 aromatic rings. The van der Waals surface area contributed by atoms with Crippen LogP contribution in [0.25, 0.3) is 0 Å². The summed E-state index contributed by atoms with van der Waals surface area (Å²) in [5.41, 5.74) is 8.99. The molecule has 0 saturated carbocycles. The van der Waals surface area contributed by atoms with Crippen LogP contribution in [0.1, 0.15) is 30.0 Å². The number of nitrogens with two attached hydrogens (primary N) is 1. The van der Waals surface area contributed by atoms with Crippen LogP contribution in [0.3, 0.4) is 0 Å². The average Bonchev–Trinajstić information content (AvgIpc) is 2.58. The second kappa shape index (κ2) is 6.84. The highest BCUT2D eigenvalue weighted by atomic mass is 16.4. The molecule has 0 aliphatic carbocycles. The van der Waals surface area contributed by atoms with Crippen molar-refractivity contribution in [1.29, 1.82) is 0 Å². The largest absolute Gasteiger partial charge is 0.481 e. The molecule has 3 rings (SSSR count). The number of hydrogen-bond donors (Lipinski definition) is 2. The third kappa shape index (κ3) is 3.54. The van der Waals surface area contributed by atoms with Crippen molar-refractivity contribution in [3.8, 4) is 0 Å². The van der Waals surface area contributed by atoms with Crippen LogP contribution in [0.15, 0.2) is 54.6 Å². The smallest absolute Gasteiger partial charge is 0.306 e. The monoisotopic (exact) mass is 310 g/mol. The summed E-state index contributed by atoms with van der Waals surface area (Å²) >= 11 is 0. The van der Waals surface area contributed by atoms with Crippen molar-refractivity contribution >= 4 is 11.7 Å². The lowest BCUT2D eigenvalue weighted by Crippen LogP contribution is -2.39. The summed E-state index contributed by atoms with van der Waals surface area (Å²) in [6.07, 6.45) is 1.40. The van der Waals surface area contributed by atoms with Gasteiger partial charge in [-0.2, -0.15) is 0 Å². The minimum atomic E-state index is -0.673. The molecule has 1 heterocycles. The van der Waals surface area contributed by atoms with Crippen LogP contribution in [-0.2, 0) is 4.79 Å². The van der Waals surface area contributed by atoms with Crippen molar-refractivity contribution in [3.63, 3.8) is 0 Å². The number of nitrogens with zero attached hydrogens (tertiary/aromatic N) is 1. The second-order valence-corrected chi connectivity index (χ2v) is 6.13. The minimum Gasteiger partial charge on any atom is -0.481 e. The molecule has 1 fully saturated rings. The van der Waals surface area contributed by atoms with Crippen LogP contribution >= 0.6 is 0 Å². The Morgan fingerprint density at radius 3 is 2.13 bits per heavy atom. The molecule has 1 atom stereocenters. The summed E-state index contributed by atoms with van der Waals surface area (Å²) in [4.78, 5) is 13.6. The Kier molecular flexibility index (Phi) is 4.63. The van der Waals surface area contributed by atoms with Crippen molar-refractivity contribution < 1.29 is 9.90 Å². The number of rotatable bonds is 4. The van der Waals surface area contributed by atoms with Gasteiger partial charge < -0.3 is 10.8 Å². The molecule has 0 bridgehead atoms. The standard InChI is InChI=1S/C19H22N2O2/c20-17-8-6-15(7-9-17)18(14-4-2-1-3-5-14)21-12-10-16(11-13-21)19(22)23/h1-9,16,18H,10-13,20H2,(H,22,23). The zero-order valence-corrected chi connectivity index (χ0v) is 13.1. The Morgan fingerprint density at radius 2 is 1.57 bits per heavy atom. The lowest BCUT2D eigenvalue weighted by Gasteiger charge is -2.37. The number of benzene rings is 2. The average molecular weight is 310 g/mol. The Labute approximate surface area is 136 Å². The first-order chi connectivity index (χ1) is 11.1. The van der Waals surface area contributed by atoms with Gasteiger partial charge in [-0.15, -0.1) is 0 Å². The number of nitrogen functional groups attached to an aromatic ring is 1. The highest BCUT2D eigenvalue weighted by Gasteiger charge is 2.29. The van der Waals surface area contributed by atoms with Gasteiger partial charge in [-0.3, -0.25) is 9.69 Å². The Hall–Kier alpha value is -2.33. The molecule has 4 heteroatoms. The van der Waals surface area contributed by atoms with Crippen molar-refractivity contribution in [3.05, 3.63) is 65.7 Å². The highest BCUT2D eigenvalue weighted by molar-refractivity contribution is 5.70. The normalized spacial score (nSPS) is 17.7. The second-order valence-electron chi connectivity index (χ2n) is 6.13. The first kappa shape index (κ1) is 15.6. The molecule has 23 heavy (non-hydrogen) atoms. The number of carboxylic acid groups (broad SMARTS) is 1. The van der Waals surface area contributed by atoms with Crippen molar-refractivity contribution in [2.75, 3.05) is 18.8 Å². The fourth-order valence-electron chi connectivity index (χ4n) is 3.33. The predicted octanol–water partition coefficient (Wildman–Crippen LogP) is 3.15. The number of anilines is 1. The highest BCUT2D eigenvalue weighted by Crippen LogP contribution is 2.32. The van der Waals surface area contributed by atoms with E-state index in [0.29, 0.717) is 12.8 Å². The van der Waals surface area contributed by atoms with E-state index in [4.69, 9.17) is 5.73 Å². The SMILES string of the molecule is Nc1ccc(C(c2ccccc2)N2CCC(C(=O)O)CC2)cc1. The Bertz CT molecular complexity index is 647. The molecule has 0 aromatic heterocycles. The summed E-state index contributed by atoms with van der Waals surface area (Å²) < 4.78 is 0. The van der Waals surface area contributed by atoms with E-state index in [1.165, 1.54) is 11.1 Å². The summed E-state index contributed by atoms with van der Waals surface area (Å²) in [6.45, 7) is 1.59. The van der Waals surface area contributed by atoms with E-state index in [0.717, 1.165) is 18.8 Å². The number of hydrogen-bond acceptors (Lipinski definition) is 3. The third-order valence-electron chi connectivity index (χ3n) is 4.61. The van der Waals surface area contributed by atoms with Gasteiger partial charge in [-0.1, -0.05) is 42.5 Å². The first-order valence-electron chi connectivity index (χ1n) is 8.02. The van der Waals surface area contributed by atoms with Crippen molar-refractivity contribution in [2.45, 2.75) is 18.9 Å². The van der Waals surface area contributed by atoms with Crippen LogP contribution in [0.2, 0.25) is 0 Å². The van der Waals surface area contributed by atoms with Gasteiger partial charge in [0.05, 0.1) is 12.0 Å². The molecule has 1 unspecified atom stereocenters. The first-order valence-corrected chi connectivity index (χ1v) is 8.02. The van der Waals surface area contributed by atoms with E-state index < -0.39 is 5.97 Å². The summed E-state index contributed by atoms with van der Waals surface area (Å²) in [5.74, 6) is -0.887. The molecule has 1 aliphatic heterocycles. The van der Waals surface area contributed by atoms with Gasteiger partial charge in [0, 0.05) is 5.69 Å². The third-order valence-corrected chi connectivity index (χ3v) is 4.61. The Balaban J connectivity index is 1.87. The van der Waals surface area contributed by atoms with Crippen LogP contribution in [-0.4, -0.2) is 29.1 Å². The van der Waals surface area contributed by atoms with Crippen LogP contribution in [0.4, 0.5) is 5.69 Å². The summed E-state index contributed by atoms with van der Waals surface area (Å²) in [5, 5.41) is 9.20. The maximum Gasteiger partial charge on any atom is 0.306 e. The molecule has 3 N–H and O–H groups in total. The van der Waals surface area contributed by atoms with Crippen LogP contribution < -0.4 is 5.73 Å². The van der Waals surface area contributed by atoms with Gasteiger partial charge >= 0.3 is 5.97 Å². The van der Waals surface area contributed by atoms with Gasteiger partial charge in [0.2, 0.25) is 0 Å². The van der Waals surface area contributed by atoms with E-state index in [2.05, 4.69) is 29.2 Å². The minimum absolute atomic E-state index is 0.145. The molecule has 2 aromatic carbocycles. The fraction of sp³-hybridized carbons (Fsp3) is 0.316. The number of carbonyl (C=O) groups is 1. The maximum absolute atomic E-state index is 11.2. The molecule has 0 amide bonds. The van der Waals surface area contributed by atoms with Crippen molar-refractivity contribution in [1.82, 2.24) is 4.90 Å². The molecule has 0 radical (unpaired) electrons.